The van der Waals surface area contributed by atoms with Gasteiger partial charge in [0, 0.05) is 26.2 Å². The molecule has 0 aliphatic carbocycles. The number of aromatic nitrogens is 5. The van der Waals surface area contributed by atoms with Gasteiger partial charge in [-0.15, -0.1) is 5.10 Å². The third kappa shape index (κ3) is 3.96. The summed E-state index contributed by atoms with van der Waals surface area (Å²) in [7, 11) is 0. The maximum atomic E-state index is 12.4. The molecule has 3 heterocycles. The molecule has 9 heteroatoms. The van der Waals surface area contributed by atoms with Gasteiger partial charge in [0.05, 0.1) is 5.69 Å². The Morgan fingerprint density at radius 3 is 2.47 bits per heavy atom. The Balaban J connectivity index is 1.27. The van der Waals surface area contributed by atoms with Crippen LogP contribution in [0, 0.1) is 6.92 Å². The lowest BCUT2D eigenvalue weighted by Crippen LogP contribution is -2.49. The van der Waals surface area contributed by atoms with Gasteiger partial charge in [0.25, 0.3) is 0 Å². The van der Waals surface area contributed by atoms with Crippen LogP contribution in [0.25, 0.3) is 16.9 Å². The molecule has 0 spiro atoms. The molecule has 32 heavy (non-hydrogen) atoms. The Morgan fingerprint density at radius 1 is 0.969 bits per heavy atom. The quantitative estimate of drug-likeness (QED) is 0.493. The van der Waals surface area contributed by atoms with Gasteiger partial charge in [0.15, 0.2) is 17.0 Å². The molecule has 2 aromatic heterocycles. The van der Waals surface area contributed by atoms with Crippen LogP contribution in [0.4, 0.5) is 10.6 Å². The van der Waals surface area contributed by atoms with E-state index < -0.39 is 0 Å². The van der Waals surface area contributed by atoms with E-state index in [1.54, 1.807) is 9.58 Å². The third-order valence-electron chi connectivity index (χ3n) is 5.54. The van der Waals surface area contributed by atoms with Crippen LogP contribution in [-0.2, 0) is 11.3 Å². The molecule has 1 fully saturated rings. The summed E-state index contributed by atoms with van der Waals surface area (Å²) in [6.45, 7) is 4.67. The van der Waals surface area contributed by atoms with E-state index in [1.807, 2.05) is 61.5 Å². The first-order valence-electron chi connectivity index (χ1n) is 10.5. The summed E-state index contributed by atoms with van der Waals surface area (Å²) in [5.41, 5.74) is 4.35. The highest BCUT2D eigenvalue weighted by Crippen LogP contribution is 2.24. The molecule has 0 unspecified atom stereocenters. The number of amides is 1. The summed E-state index contributed by atoms with van der Waals surface area (Å²) in [5, 5.41) is 8.65. The average Bonchev–Trinajstić information content (AvgIpc) is 3.28. The van der Waals surface area contributed by atoms with Gasteiger partial charge in [-0.2, -0.15) is 4.68 Å². The van der Waals surface area contributed by atoms with Gasteiger partial charge in [-0.3, -0.25) is 0 Å². The van der Waals surface area contributed by atoms with Crippen LogP contribution in [-0.4, -0.2) is 62.1 Å². The predicted molar refractivity (Wildman–Crippen MR) is 120 cm³/mol. The van der Waals surface area contributed by atoms with Crippen molar-refractivity contribution in [3.8, 4) is 5.69 Å². The highest BCUT2D eigenvalue weighted by Gasteiger charge is 2.25. The summed E-state index contributed by atoms with van der Waals surface area (Å²) in [4.78, 5) is 25.1. The summed E-state index contributed by atoms with van der Waals surface area (Å²) in [6, 6.07) is 17.7. The van der Waals surface area contributed by atoms with Crippen LogP contribution in [0.3, 0.4) is 0 Å². The number of fused-ring (bicyclic) bond motifs is 1. The molecule has 0 saturated carbocycles. The van der Waals surface area contributed by atoms with Crippen molar-refractivity contribution >= 4 is 23.1 Å². The second-order valence-corrected chi connectivity index (χ2v) is 7.72. The number of hydrogen-bond acceptors (Lipinski definition) is 7. The molecule has 1 aliphatic heterocycles. The predicted octanol–water partition coefficient (Wildman–Crippen LogP) is 2.98. The maximum absolute atomic E-state index is 12.4. The number of piperazine rings is 1. The Morgan fingerprint density at radius 2 is 1.72 bits per heavy atom. The van der Waals surface area contributed by atoms with Crippen LogP contribution in [0.1, 0.15) is 11.1 Å². The van der Waals surface area contributed by atoms with Crippen molar-refractivity contribution in [2.75, 3.05) is 31.1 Å². The zero-order valence-corrected chi connectivity index (χ0v) is 17.8. The Labute approximate surface area is 185 Å². The monoisotopic (exact) mass is 429 g/mol. The van der Waals surface area contributed by atoms with Crippen LogP contribution < -0.4 is 4.90 Å². The van der Waals surface area contributed by atoms with E-state index in [0.717, 1.165) is 17.1 Å². The fourth-order valence-electron chi connectivity index (χ4n) is 3.74. The summed E-state index contributed by atoms with van der Waals surface area (Å²) >= 11 is 0. The second kappa shape index (κ2) is 8.62. The zero-order valence-electron chi connectivity index (χ0n) is 17.8. The second-order valence-electron chi connectivity index (χ2n) is 7.72. The minimum atomic E-state index is -0.299. The Hall–Kier alpha value is -4.01. The number of ether oxygens (including phenoxy) is 1. The number of hydrogen-bond donors (Lipinski definition) is 0. The van der Waals surface area contributed by atoms with E-state index in [4.69, 9.17) is 4.74 Å². The number of aryl methyl sites for hydroxylation is 1. The molecule has 5 rings (SSSR count). The Bertz CT molecular complexity index is 1220. The minimum absolute atomic E-state index is 0.272. The summed E-state index contributed by atoms with van der Waals surface area (Å²) in [6.07, 6.45) is 1.23. The summed E-state index contributed by atoms with van der Waals surface area (Å²) < 4.78 is 7.18. The standard InChI is InChI=1S/C23H23N7O2/c1-17-7-9-19(10-8-17)30-22-20(26-27-30)21(24-16-25-22)28-11-13-29(14-12-28)23(31)32-15-18-5-3-2-4-6-18/h2-10,16H,11-15H2,1H3. The lowest BCUT2D eigenvalue weighted by molar-refractivity contribution is 0.0941. The molecule has 9 nitrogen and oxygen atoms in total. The Kier molecular flexibility index (Phi) is 5.37. The molecule has 1 aliphatic rings. The SMILES string of the molecule is Cc1ccc(-n2nnc3c(N4CCN(C(=O)OCc5ccccc5)CC4)ncnc32)cc1. The fraction of sp³-hybridized carbons (Fsp3) is 0.261. The van der Waals surface area contributed by atoms with E-state index in [2.05, 4.69) is 25.2 Å². The van der Waals surface area contributed by atoms with Gasteiger partial charge in [-0.05, 0) is 24.6 Å². The summed E-state index contributed by atoms with van der Waals surface area (Å²) in [5.74, 6) is 0.727. The first-order valence-corrected chi connectivity index (χ1v) is 10.5. The molecule has 0 atom stereocenters. The maximum Gasteiger partial charge on any atom is 0.410 e. The van der Waals surface area contributed by atoms with E-state index in [0.29, 0.717) is 37.3 Å². The van der Waals surface area contributed by atoms with Crippen LogP contribution in [0.5, 0.6) is 0 Å². The van der Waals surface area contributed by atoms with Crippen molar-refractivity contribution in [1.29, 1.82) is 0 Å². The van der Waals surface area contributed by atoms with Crippen molar-refractivity contribution < 1.29 is 9.53 Å². The molecule has 0 bridgehead atoms. The molecule has 0 N–H and O–H groups in total. The fourth-order valence-corrected chi connectivity index (χ4v) is 3.74. The van der Waals surface area contributed by atoms with Crippen molar-refractivity contribution in [2.24, 2.45) is 0 Å². The number of rotatable bonds is 4. The molecule has 1 saturated heterocycles. The minimum Gasteiger partial charge on any atom is -0.445 e. The number of carbonyl (C=O) groups excluding carboxylic acids is 1. The normalized spacial score (nSPS) is 14.0. The van der Waals surface area contributed by atoms with Crippen LogP contribution in [0.2, 0.25) is 0 Å². The topological polar surface area (TPSA) is 89.3 Å². The first kappa shape index (κ1) is 19.9. The molecule has 2 aromatic carbocycles. The lowest BCUT2D eigenvalue weighted by atomic mass is 10.2. The average molecular weight is 429 g/mol. The van der Waals surface area contributed by atoms with E-state index in [1.165, 1.54) is 11.9 Å². The molecule has 4 aromatic rings. The smallest absolute Gasteiger partial charge is 0.410 e. The largest absolute Gasteiger partial charge is 0.445 e. The number of nitrogens with zero attached hydrogens (tertiary/aromatic N) is 7. The van der Waals surface area contributed by atoms with E-state index in [9.17, 15) is 4.79 Å². The molecular weight excluding hydrogens is 406 g/mol. The molecule has 1 amide bonds. The highest BCUT2D eigenvalue weighted by atomic mass is 16.6. The van der Waals surface area contributed by atoms with Crippen molar-refractivity contribution in [3.05, 3.63) is 72.1 Å². The third-order valence-corrected chi connectivity index (χ3v) is 5.54. The van der Waals surface area contributed by atoms with E-state index >= 15 is 0 Å². The zero-order chi connectivity index (χ0) is 21.9. The van der Waals surface area contributed by atoms with Crippen molar-refractivity contribution in [3.63, 3.8) is 0 Å². The van der Waals surface area contributed by atoms with Gasteiger partial charge in [-0.1, -0.05) is 53.2 Å². The van der Waals surface area contributed by atoms with Gasteiger partial charge < -0.3 is 14.5 Å². The first-order chi connectivity index (χ1) is 15.7. The van der Waals surface area contributed by atoms with Crippen LogP contribution >= 0.6 is 0 Å². The van der Waals surface area contributed by atoms with E-state index in [-0.39, 0.29) is 12.7 Å². The van der Waals surface area contributed by atoms with Crippen molar-refractivity contribution in [2.45, 2.75) is 13.5 Å². The van der Waals surface area contributed by atoms with Crippen molar-refractivity contribution in [1.82, 2.24) is 29.9 Å². The number of benzene rings is 2. The van der Waals surface area contributed by atoms with Crippen LogP contribution in [0.15, 0.2) is 60.9 Å². The van der Waals surface area contributed by atoms with Gasteiger partial charge >= 0.3 is 6.09 Å². The molecular formula is C23H23N7O2. The van der Waals surface area contributed by atoms with Gasteiger partial charge in [0.1, 0.15) is 12.9 Å². The number of anilines is 1. The highest BCUT2D eigenvalue weighted by molar-refractivity contribution is 5.83. The lowest BCUT2D eigenvalue weighted by Gasteiger charge is -2.34. The van der Waals surface area contributed by atoms with Gasteiger partial charge in [-0.25, -0.2) is 14.8 Å². The molecule has 162 valence electrons. The number of carbonyl (C=O) groups is 1. The van der Waals surface area contributed by atoms with Gasteiger partial charge in [0.2, 0.25) is 0 Å². The molecule has 0 radical (unpaired) electrons.